The molecule has 38 heavy (non-hydrogen) atoms. The normalized spacial score (nSPS) is 23.7. The molecular weight excluding hydrogens is 504 g/mol. The van der Waals surface area contributed by atoms with E-state index in [1.54, 1.807) is 24.3 Å². The lowest BCUT2D eigenvalue weighted by atomic mass is 10.1. The maximum absolute atomic E-state index is 11.9. The number of ether oxygens (including phenoxy) is 8. The maximum Gasteiger partial charge on any atom is 0.339 e. The van der Waals surface area contributed by atoms with Crippen molar-refractivity contribution >= 4 is 23.9 Å². The smallest absolute Gasteiger partial charge is 0.339 e. The molecule has 1 aromatic rings. The van der Waals surface area contributed by atoms with Crippen molar-refractivity contribution in [3.63, 3.8) is 0 Å². The van der Waals surface area contributed by atoms with Gasteiger partial charge in [0.05, 0.1) is 37.6 Å². The van der Waals surface area contributed by atoms with Crippen LogP contribution in [-0.2, 0) is 47.5 Å². The van der Waals surface area contributed by atoms with Crippen LogP contribution in [-0.4, -0.2) is 101 Å². The number of carbonyl (C=O) groups excluding carboxylic acids is 4. The van der Waals surface area contributed by atoms with Gasteiger partial charge in [-0.1, -0.05) is 12.1 Å². The van der Waals surface area contributed by atoms with Gasteiger partial charge in [-0.3, -0.25) is 9.59 Å². The van der Waals surface area contributed by atoms with Crippen molar-refractivity contribution in [2.75, 3.05) is 52.9 Å². The van der Waals surface area contributed by atoms with Gasteiger partial charge in [-0.2, -0.15) is 0 Å². The summed E-state index contributed by atoms with van der Waals surface area (Å²) in [6, 6.07) is 6.43. The fourth-order valence-corrected chi connectivity index (χ4v) is 3.04. The van der Waals surface area contributed by atoms with Crippen LogP contribution in [0, 0.1) is 0 Å². The van der Waals surface area contributed by atoms with E-state index in [0.29, 0.717) is 65.3 Å². The van der Waals surface area contributed by atoms with E-state index in [2.05, 4.69) is 0 Å². The van der Waals surface area contributed by atoms with Crippen LogP contribution in [0.15, 0.2) is 24.3 Å². The topological polar surface area (TPSA) is 155 Å². The van der Waals surface area contributed by atoms with Gasteiger partial charge in [0.2, 0.25) is 0 Å². The molecule has 0 bridgehead atoms. The van der Waals surface area contributed by atoms with Gasteiger partial charge in [0.25, 0.3) is 0 Å². The van der Waals surface area contributed by atoms with Crippen molar-refractivity contribution in [2.24, 2.45) is 0 Å². The Hall–Kier alpha value is -3.06. The van der Waals surface area contributed by atoms with Gasteiger partial charge in [-0.25, -0.2) is 9.59 Å². The second-order valence-corrected chi connectivity index (χ2v) is 9.14. The van der Waals surface area contributed by atoms with Gasteiger partial charge in [-0.05, 0) is 25.0 Å². The van der Waals surface area contributed by atoms with E-state index < -0.39 is 11.9 Å². The Morgan fingerprint density at radius 3 is 1.21 bits per heavy atom. The number of carbonyl (C=O) groups is 4. The third kappa shape index (κ3) is 11.1. The van der Waals surface area contributed by atoms with Crippen LogP contribution in [0.3, 0.4) is 0 Å². The molecule has 4 saturated heterocycles. The molecule has 1 aromatic carbocycles. The Morgan fingerprint density at radius 2 is 0.895 bits per heavy atom. The first-order chi connectivity index (χ1) is 18.5. The molecule has 4 atom stereocenters. The first kappa shape index (κ1) is 28.0. The molecule has 208 valence electrons. The van der Waals surface area contributed by atoms with Crippen molar-refractivity contribution in [3.8, 4) is 0 Å². The summed E-state index contributed by atoms with van der Waals surface area (Å²) in [5.41, 5.74) is 0.407. The summed E-state index contributed by atoms with van der Waals surface area (Å²) in [4.78, 5) is 46.4. The SMILES string of the molecule is O=C(CCCCC(=O)OCC1CO1)OCC1CO1.O=C(OCC1CO1)c1ccccc1C(=O)OCC1CO1. The van der Waals surface area contributed by atoms with Crippen molar-refractivity contribution in [1.29, 1.82) is 0 Å². The first-order valence-corrected chi connectivity index (χ1v) is 12.7. The standard InChI is InChI=1S/C14H14O6.C12H18O6/c15-13(19-7-9-5-17-9)11-3-1-2-4-12(11)14(16)20-8-10-6-18-10;13-11(17-7-9-5-15-9)3-1-2-4-12(14)18-8-10-6-16-10/h1-4,9-10H,5-8H2;9-10H,1-8H2. The van der Waals surface area contributed by atoms with Crippen LogP contribution in [0.4, 0.5) is 0 Å². The molecule has 0 amide bonds. The highest BCUT2D eigenvalue weighted by atomic mass is 16.6. The van der Waals surface area contributed by atoms with Crippen molar-refractivity contribution in [3.05, 3.63) is 35.4 Å². The summed E-state index contributed by atoms with van der Waals surface area (Å²) in [5.74, 6) is -1.55. The number of esters is 4. The fraction of sp³-hybridized carbons (Fsp3) is 0.615. The van der Waals surface area contributed by atoms with E-state index in [1.807, 2.05) is 0 Å². The molecule has 5 rings (SSSR count). The van der Waals surface area contributed by atoms with Gasteiger partial charge in [-0.15, -0.1) is 0 Å². The zero-order valence-electron chi connectivity index (χ0n) is 21.0. The minimum Gasteiger partial charge on any atom is -0.463 e. The molecule has 12 heteroatoms. The molecule has 12 nitrogen and oxygen atoms in total. The van der Waals surface area contributed by atoms with Gasteiger partial charge in [0, 0.05) is 12.8 Å². The van der Waals surface area contributed by atoms with Crippen molar-refractivity contribution < 1.29 is 57.1 Å². The molecule has 0 aliphatic carbocycles. The minimum absolute atomic E-state index is 0.00919. The van der Waals surface area contributed by atoms with E-state index in [-0.39, 0.29) is 60.7 Å². The zero-order chi connectivity index (χ0) is 26.7. The third-order valence-electron chi connectivity index (χ3n) is 5.65. The highest BCUT2D eigenvalue weighted by Gasteiger charge is 2.28. The number of hydrogen-bond donors (Lipinski definition) is 0. The molecule has 4 unspecified atom stereocenters. The van der Waals surface area contributed by atoms with Crippen LogP contribution in [0.1, 0.15) is 46.4 Å². The fourth-order valence-electron chi connectivity index (χ4n) is 3.04. The Morgan fingerprint density at radius 1 is 0.579 bits per heavy atom. The minimum atomic E-state index is -0.546. The summed E-state index contributed by atoms with van der Waals surface area (Å²) < 4.78 is 39.9. The number of epoxide rings is 4. The largest absolute Gasteiger partial charge is 0.463 e. The Kier molecular flexibility index (Phi) is 10.4. The van der Waals surface area contributed by atoms with Gasteiger partial charge < -0.3 is 37.9 Å². The molecule has 4 fully saturated rings. The lowest BCUT2D eigenvalue weighted by Gasteiger charge is -2.08. The molecule has 0 saturated carbocycles. The third-order valence-corrected chi connectivity index (χ3v) is 5.65. The van der Waals surface area contributed by atoms with E-state index >= 15 is 0 Å². The zero-order valence-corrected chi connectivity index (χ0v) is 21.0. The second kappa shape index (κ2) is 14.2. The monoisotopic (exact) mass is 536 g/mol. The summed E-state index contributed by atoms with van der Waals surface area (Å²) in [7, 11) is 0. The van der Waals surface area contributed by atoms with Crippen LogP contribution < -0.4 is 0 Å². The number of benzene rings is 1. The van der Waals surface area contributed by atoms with Crippen LogP contribution in [0.25, 0.3) is 0 Å². The highest BCUT2D eigenvalue weighted by molar-refractivity contribution is 6.03. The second-order valence-electron chi connectivity index (χ2n) is 9.14. The molecule has 4 aliphatic heterocycles. The van der Waals surface area contributed by atoms with Crippen molar-refractivity contribution in [2.45, 2.75) is 50.1 Å². The quantitative estimate of drug-likeness (QED) is 0.137. The van der Waals surface area contributed by atoms with E-state index in [9.17, 15) is 19.2 Å². The maximum atomic E-state index is 11.9. The molecular formula is C26H32O12. The molecule has 0 radical (unpaired) electrons. The molecule has 0 aromatic heterocycles. The summed E-state index contributed by atoms with van der Waals surface area (Å²) in [6.07, 6.45) is 2.15. The lowest BCUT2D eigenvalue weighted by molar-refractivity contribution is -0.146. The van der Waals surface area contributed by atoms with Gasteiger partial charge in [0.1, 0.15) is 50.8 Å². The molecule has 4 heterocycles. The summed E-state index contributed by atoms with van der Waals surface area (Å²) in [5, 5.41) is 0. The average molecular weight is 537 g/mol. The van der Waals surface area contributed by atoms with E-state index in [4.69, 9.17) is 37.9 Å². The van der Waals surface area contributed by atoms with Crippen LogP contribution >= 0.6 is 0 Å². The van der Waals surface area contributed by atoms with Crippen LogP contribution in [0.2, 0.25) is 0 Å². The van der Waals surface area contributed by atoms with Gasteiger partial charge in [0.15, 0.2) is 0 Å². The lowest BCUT2D eigenvalue weighted by Crippen LogP contribution is -2.17. The summed E-state index contributed by atoms with van der Waals surface area (Å²) in [6.45, 7) is 3.70. The van der Waals surface area contributed by atoms with Crippen LogP contribution in [0.5, 0.6) is 0 Å². The van der Waals surface area contributed by atoms with E-state index in [0.717, 1.165) is 0 Å². The molecule has 0 N–H and O–H groups in total. The Bertz CT molecular complexity index is 886. The average Bonchev–Trinajstić information content (AvgIpc) is 3.75. The Balaban J connectivity index is 0.000000178. The predicted molar refractivity (Wildman–Crippen MR) is 126 cm³/mol. The van der Waals surface area contributed by atoms with Crippen molar-refractivity contribution in [1.82, 2.24) is 0 Å². The van der Waals surface area contributed by atoms with Gasteiger partial charge >= 0.3 is 23.9 Å². The molecule has 0 spiro atoms. The van der Waals surface area contributed by atoms with E-state index in [1.165, 1.54) is 0 Å². The predicted octanol–water partition coefficient (Wildman–Crippen LogP) is 1.23. The highest BCUT2D eigenvalue weighted by Crippen LogP contribution is 2.16. The summed E-state index contributed by atoms with van der Waals surface area (Å²) >= 11 is 0. The Labute approximate surface area is 219 Å². The molecule has 4 aliphatic rings. The first-order valence-electron chi connectivity index (χ1n) is 12.7. The number of hydrogen-bond acceptors (Lipinski definition) is 12. The number of unbranched alkanes of at least 4 members (excludes halogenated alkanes) is 1. The number of rotatable bonds is 15.